The van der Waals surface area contributed by atoms with E-state index in [0.29, 0.717) is 18.0 Å². The molecule has 6 nitrogen and oxygen atoms in total. The Balaban J connectivity index is 2.09. The lowest BCUT2D eigenvalue weighted by atomic mass is 9.81. The second kappa shape index (κ2) is 5.83. The minimum Gasteiger partial charge on any atom is -0.480 e. The summed E-state index contributed by atoms with van der Waals surface area (Å²) in [5.74, 6) is -1.10. The van der Waals surface area contributed by atoms with Crippen LogP contribution in [0, 0.1) is 12.8 Å². The average molecular weight is 300 g/mol. The largest absolute Gasteiger partial charge is 0.480 e. The molecule has 20 heavy (non-hydrogen) atoms. The summed E-state index contributed by atoms with van der Waals surface area (Å²) in [4.78, 5) is 23.4. The van der Waals surface area contributed by atoms with Gasteiger partial charge in [-0.05, 0) is 19.3 Å². The predicted octanol–water partition coefficient (Wildman–Crippen LogP) is 1.76. The number of carbonyl (C=O) groups excluding carboxylic acids is 1. The van der Waals surface area contributed by atoms with Gasteiger partial charge in [-0.3, -0.25) is 9.48 Å². The number of nitrogens with zero attached hydrogens (tertiary/aromatic N) is 2. The molecule has 1 unspecified atom stereocenters. The van der Waals surface area contributed by atoms with Gasteiger partial charge in [-0.1, -0.05) is 30.9 Å². The first-order valence-corrected chi connectivity index (χ1v) is 7.00. The fourth-order valence-electron chi connectivity index (χ4n) is 2.40. The summed E-state index contributed by atoms with van der Waals surface area (Å²) >= 11 is 6.01. The number of hydrogen-bond acceptors (Lipinski definition) is 3. The van der Waals surface area contributed by atoms with E-state index >= 15 is 0 Å². The maximum Gasteiger partial charge on any atom is 0.326 e. The Kier molecular flexibility index (Phi) is 4.32. The molecule has 110 valence electrons. The highest BCUT2D eigenvalue weighted by molar-refractivity contribution is 6.33. The molecule has 1 heterocycles. The molecule has 0 aliphatic heterocycles. The lowest BCUT2D eigenvalue weighted by molar-refractivity contribution is -0.139. The number of carboxylic acids is 1. The number of amides is 1. The second-order valence-electron chi connectivity index (χ2n) is 5.27. The zero-order chi connectivity index (χ0) is 14.9. The van der Waals surface area contributed by atoms with Gasteiger partial charge in [0.15, 0.2) is 0 Å². The first-order chi connectivity index (χ1) is 9.40. The van der Waals surface area contributed by atoms with Crippen molar-refractivity contribution in [3.63, 3.8) is 0 Å². The van der Waals surface area contributed by atoms with Crippen LogP contribution in [0.4, 0.5) is 0 Å². The van der Waals surface area contributed by atoms with Crippen molar-refractivity contribution in [1.29, 1.82) is 0 Å². The highest BCUT2D eigenvalue weighted by atomic mass is 35.5. The summed E-state index contributed by atoms with van der Waals surface area (Å²) in [7, 11) is 1.63. The van der Waals surface area contributed by atoms with Gasteiger partial charge in [0.05, 0.1) is 11.3 Å². The van der Waals surface area contributed by atoms with E-state index in [1.165, 1.54) is 4.68 Å². The number of aromatic nitrogens is 2. The van der Waals surface area contributed by atoms with Gasteiger partial charge in [-0.2, -0.15) is 5.10 Å². The normalized spacial score (nSPS) is 16.6. The number of halogens is 1. The molecule has 0 spiro atoms. The van der Waals surface area contributed by atoms with Crippen LogP contribution in [0.3, 0.4) is 0 Å². The molecule has 1 aliphatic carbocycles. The predicted molar refractivity (Wildman–Crippen MR) is 73.8 cm³/mol. The van der Waals surface area contributed by atoms with Gasteiger partial charge in [0.25, 0.3) is 5.91 Å². The number of nitrogens with one attached hydrogen (secondary N) is 1. The van der Waals surface area contributed by atoms with E-state index in [1.807, 2.05) is 0 Å². The molecule has 1 aliphatic rings. The topological polar surface area (TPSA) is 84.2 Å². The van der Waals surface area contributed by atoms with E-state index in [1.54, 1.807) is 14.0 Å². The van der Waals surface area contributed by atoms with Crippen molar-refractivity contribution in [3.05, 3.63) is 16.4 Å². The molecule has 1 aromatic heterocycles. The maximum absolute atomic E-state index is 12.2. The Hall–Kier alpha value is -1.56. The molecule has 1 fully saturated rings. The van der Waals surface area contributed by atoms with E-state index in [0.717, 1.165) is 19.3 Å². The molecule has 1 aromatic rings. The molecule has 1 atom stereocenters. The molecule has 7 heteroatoms. The van der Waals surface area contributed by atoms with Gasteiger partial charge in [0, 0.05) is 7.05 Å². The number of carbonyl (C=O) groups is 2. The van der Waals surface area contributed by atoms with Gasteiger partial charge in [-0.15, -0.1) is 0 Å². The van der Waals surface area contributed by atoms with Crippen LogP contribution < -0.4 is 5.32 Å². The zero-order valence-electron chi connectivity index (χ0n) is 11.5. The van der Waals surface area contributed by atoms with Gasteiger partial charge in [0.2, 0.25) is 0 Å². The molecule has 0 radical (unpaired) electrons. The molecule has 0 bridgehead atoms. The minimum atomic E-state index is -1.01. The van der Waals surface area contributed by atoms with Gasteiger partial charge in [0.1, 0.15) is 11.2 Å². The third-order valence-corrected chi connectivity index (χ3v) is 4.21. The van der Waals surface area contributed by atoms with E-state index in [4.69, 9.17) is 11.6 Å². The molecule has 0 aromatic carbocycles. The van der Waals surface area contributed by atoms with Crippen LogP contribution in [-0.4, -0.2) is 32.8 Å². The minimum absolute atomic E-state index is 0.216. The van der Waals surface area contributed by atoms with Gasteiger partial charge >= 0.3 is 5.97 Å². The van der Waals surface area contributed by atoms with Crippen LogP contribution in [0.25, 0.3) is 0 Å². The van der Waals surface area contributed by atoms with Crippen LogP contribution in [0.1, 0.15) is 41.7 Å². The summed E-state index contributed by atoms with van der Waals surface area (Å²) in [5, 5.41) is 16.0. The molecule has 2 N–H and O–H groups in total. The van der Waals surface area contributed by atoms with E-state index in [-0.39, 0.29) is 10.7 Å². The maximum atomic E-state index is 12.2. The summed E-state index contributed by atoms with van der Waals surface area (Å²) in [5.41, 5.74) is 0.733. The van der Waals surface area contributed by atoms with Crippen molar-refractivity contribution in [2.75, 3.05) is 0 Å². The number of carboxylic acid groups (broad SMARTS) is 1. The number of rotatable bonds is 5. The van der Waals surface area contributed by atoms with Gasteiger partial charge in [-0.25, -0.2) is 4.79 Å². The highest BCUT2D eigenvalue weighted by Gasteiger charge is 2.29. The second-order valence-corrected chi connectivity index (χ2v) is 5.63. The zero-order valence-corrected chi connectivity index (χ0v) is 12.3. The molecular formula is C13H18ClN3O3. The third kappa shape index (κ3) is 2.95. The summed E-state index contributed by atoms with van der Waals surface area (Å²) < 4.78 is 1.40. The van der Waals surface area contributed by atoms with Crippen LogP contribution in [0.15, 0.2) is 0 Å². The summed E-state index contributed by atoms with van der Waals surface area (Å²) in [6.07, 6.45) is 3.68. The number of aryl methyl sites for hydroxylation is 2. The van der Waals surface area contributed by atoms with Crippen molar-refractivity contribution < 1.29 is 14.7 Å². The highest BCUT2D eigenvalue weighted by Crippen LogP contribution is 2.30. The molecular weight excluding hydrogens is 282 g/mol. The molecule has 2 rings (SSSR count). The standard InChI is InChI=1S/C13H18ClN3O3/c1-7-10(11(14)17(2)16-7)12(18)15-9(13(19)20)6-8-4-3-5-8/h8-9H,3-6H2,1-2H3,(H,15,18)(H,19,20). The van der Waals surface area contributed by atoms with Gasteiger partial charge < -0.3 is 10.4 Å². The van der Waals surface area contributed by atoms with Crippen molar-refractivity contribution in [2.24, 2.45) is 13.0 Å². The van der Waals surface area contributed by atoms with Crippen LogP contribution >= 0.6 is 11.6 Å². The fraction of sp³-hybridized carbons (Fsp3) is 0.615. The Bertz CT molecular complexity index is 537. The SMILES string of the molecule is Cc1nn(C)c(Cl)c1C(=O)NC(CC1CCC1)C(=O)O. The molecule has 1 amide bonds. The summed E-state index contributed by atoms with van der Waals surface area (Å²) in [6.45, 7) is 1.67. The smallest absolute Gasteiger partial charge is 0.326 e. The quantitative estimate of drug-likeness (QED) is 0.867. The Morgan fingerprint density at radius 2 is 2.20 bits per heavy atom. The van der Waals surface area contributed by atoms with Crippen molar-refractivity contribution in [2.45, 2.75) is 38.6 Å². The average Bonchev–Trinajstić information content (AvgIpc) is 2.55. The lowest BCUT2D eigenvalue weighted by Gasteiger charge is -2.28. The molecule has 1 saturated carbocycles. The monoisotopic (exact) mass is 299 g/mol. The Morgan fingerprint density at radius 3 is 2.60 bits per heavy atom. The number of hydrogen-bond donors (Lipinski definition) is 2. The molecule has 0 saturated heterocycles. The Labute approximate surface area is 122 Å². The number of aliphatic carboxylic acids is 1. The van der Waals surface area contributed by atoms with E-state index in [9.17, 15) is 14.7 Å². The lowest BCUT2D eigenvalue weighted by Crippen LogP contribution is -2.43. The van der Waals surface area contributed by atoms with Crippen LogP contribution in [0.5, 0.6) is 0 Å². The van der Waals surface area contributed by atoms with Crippen LogP contribution in [0.2, 0.25) is 5.15 Å². The van der Waals surface area contributed by atoms with Crippen molar-refractivity contribution in [3.8, 4) is 0 Å². The first kappa shape index (κ1) is 14.8. The van der Waals surface area contributed by atoms with E-state index in [2.05, 4.69) is 10.4 Å². The van der Waals surface area contributed by atoms with Crippen molar-refractivity contribution >= 4 is 23.5 Å². The third-order valence-electron chi connectivity index (χ3n) is 3.78. The first-order valence-electron chi connectivity index (χ1n) is 6.63. The summed E-state index contributed by atoms with van der Waals surface area (Å²) in [6, 6.07) is -0.872. The Morgan fingerprint density at radius 1 is 1.55 bits per heavy atom. The van der Waals surface area contributed by atoms with Crippen LogP contribution in [-0.2, 0) is 11.8 Å². The van der Waals surface area contributed by atoms with Crippen molar-refractivity contribution in [1.82, 2.24) is 15.1 Å². The van der Waals surface area contributed by atoms with E-state index < -0.39 is 17.9 Å². The fourth-order valence-corrected chi connectivity index (χ4v) is 2.66.